The van der Waals surface area contributed by atoms with Gasteiger partial charge in [0.05, 0.1) is 13.2 Å². The van der Waals surface area contributed by atoms with Gasteiger partial charge in [0.1, 0.15) is 6.54 Å². The molecule has 1 aliphatic heterocycles. The number of carbonyl (C=O) groups is 2. The Morgan fingerprint density at radius 2 is 2.16 bits per heavy atom. The normalized spacial score (nSPS) is 14.2. The first-order valence-corrected chi connectivity index (χ1v) is 8.25. The highest BCUT2D eigenvalue weighted by Gasteiger charge is 2.17. The van der Waals surface area contributed by atoms with Crippen LogP contribution in [0.4, 0.5) is 10.5 Å². The number of rotatable bonds is 5. The van der Waals surface area contributed by atoms with Gasteiger partial charge in [0.15, 0.2) is 0 Å². The van der Waals surface area contributed by atoms with Gasteiger partial charge in [0.25, 0.3) is 0 Å². The van der Waals surface area contributed by atoms with Crippen molar-refractivity contribution < 1.29 is 14.4 Å². The van der Waals surface area contributed by atoms with Crippen molar-refractivity contribution >= 4 is 17.6 Å². The molecule has 25 heavy (non-hydrogen) atoms. The van der Waals surface area contributed by atoms with Crippen LogP contribution in [0.15, 0.2) is 42.7 Å². The van der Waals surface area contributed by atoms with Crippen LogP contribution in [-0.4, -0.2) is 39.9 Å². The fourth-order valence-corrected chi connectivity index (χ4v) is 2.52. The second kappa shape index (κ2) is 8.29. The first kappa shape index (κ1) is 17.0. The molecular formula is C17H21N5O3. The van der Waals surface area contributed by atoms with Crippen LogP contribution in [0.1, 0.15) is 18.4 Å². The van der Waals surface area contributed by atoms with E-state index in [1.165, 1.54) is 5.06 Å². The molecule has 1 aromatic heterocycles. The summed E-state index contributed by atoms with van der Waals surface area (Å²) >= 11 is 0. The Morgan fingerprint density at radius 3 is 2.92 bits per heavy atom. The average molecular weight is 343 g/mol. The van der Waals surface area contributed by atoms with Gasteiger partial charge in [-0.3, -0.25) is 14.3 Å². The molecule has 8 nitrogen and oxygen atoms in total. The second-order valence-corrected chi connectivity index (χ2v) is 5.75. The molecule has 2 heterocycles. The molecule has 0 bridgehead atoms. The molecule has 132 valence electrons. The Labute approximate surface area is 145 Å². The Balaban J connectivity index is 1.50. The first-order valence-electron chi connectivity index (χ1n) is 8.25. The number of hydrogen-bond donors (Lipinski definition) is 2. The third-order valence-corrected chi connectivity index (χ3v) is 3.75. The summed E-state index contributed by atoms with van der Waals surface area (Å²) in [5.41, 5.74) is 1.57. The Morgan fingerprint density at radius 1 is 1.24 bits per heavy atom. The van der Waals surface area contributed by atoms with Crippen molar-refractivity contribution in [1.82, 2.24) is 20.2 Å². The van der Waals surface area contributed by atoms with Crippen molar-refractivity contribution in [2.45, 2.75) is 25.9 Å². The van der Waals surface area contributed by atoms with Gasteiger partial charge in [-0.25, -0.2) is 9.86 Å². The van der Waals surface area contributed by atoms with Crippen molar-refractivity contribution in [3.05, 3.63) is 48.3 Å². The van der Waals surface area contributed by atoms with Crippen molar-refractivity contribution in [3.8, 4) is 0 Å². The van der Waals surface area contributed by atoms with Gasteiger partial charge in [-0.1, -0.05) is 12.1 Å². The predicted molar refractivity (Wildman–Crippen MR) is 91.4 cm³/mol. The van der Waals surface area contributed by atoms with Crippen LogP contribution in [-0.2, 0) is 22.7 Å². The SMILES string of the molecule is O=C(Cn1cccn1)Nc1cccc(CNC(=O)N2CCCCO2)c1. The minimum Gasteiger partial charge on any atom is -0.332 e. The maximum absolute atomic E-state index is 12.0. The van der Waals surface area contributed by atoms with E-state index >= 15 is 0 Å². The third-order valence-electron chi connectivity index (χ3n) is 3.75. The molecule has 2 N–H and O–H groups in total. The summed E-state index contributed by atoms with van der Waals surface area (Å²) in [6.45, 7) is 1.70. The predicted octanol–water partition coefficient (Wildman–Crippen LogP) is 1.76. The molecular weight excluding hydrogens is 322 g/mol. The lowest BCUT2D eigenvalue weighted by Crippen LogP contribution is -2.42. The third kappa shape index (κ3) is 5.05. The lowest BCUT2D eigenvalue weighted by atomic mass is 10.2. The van der Waals surface area contributed by atoms with Gasteiger partial charge in [0, 0.05) is 24.6 Å². The topological polar surface area (TPSA) is 88.5 Å². The first-order chi connectivity index (χ1) is 12.2. The number of carbonyl (C=O) groups excluding carboxylic acids is 2. The Hall–Kier alpha value is -2.87. The van der Waals surface area contributed by atoms with E-state index in [2.05, 4.69) is 15.7 Å². The zero-order valence-electron chi connectivity index (χ0n) is 13.9. The minimum absolute atomic E-state index is 0.153. The molecule has 1 fully saturated rings. The summed E-state index contributed by atoms with van der Waals surface area (Å²) in [4.78, 5) is 29.3. The van der Waals surface area contributed by atoms with Crippen molar-refractivity contribution in [3.63, 3.8) is 0 Å². The Kier molecular flexibility index (Phi) is 5.63. The zero-order valence-corrected chi connectivity index (χ0v) is 13.9. The molecule has 1 aliphatic rings. The molecule has 0 atom stereocenters. The maximum Gasteiger partial charge on any atom is 0.341 e. The molecule has 2 aromatic rings. The number of benzene rings is 1. The average Bonchev–Trinajstić information content (AvgIpc) is 3.13. The van der Waals surface area contributed by atoms with E-state index < -0.39 is 0 Å². The number of aromatic nitrogens is 2. The fourth-order valence-electron chi connectivity index (χ4n) is 2.52. The van der Waals surface area contributed by atoms with Crippen LogP contribution in [0.2, 0.25) is 0 Å². The smallest absolute Gasteiger partial charge is 0.332 e. The minimum atomic E-state index is -0.243. The molecule has 1 aromatic carbocycles. The number of anilines is 1. The van der Waals surface area contributed by atoms with E-state index in [1.54, 1.807) is 29.2 Å². The van der Waals surface area contributed by atoms with E-state index in [0.717, 1.165) is 18.4 Å². The molecule has 0 spiro atoms. The highest BCUT2D eigenvalue weighted by molar-refractivity contribution is 5.90. The van der Waals surface area contributed by atoms with E-state index in [9.17, 15) is 9.59 Å². The summed E-state index contributed by atoms with van der Waals surface area (Å²) in [5.74, 6) is -0.161. The van der Waals surface area contributed by atoms with Crippen molar-refractivity contribution in [2.24, 2.45) is 0 Å². The second-order valence-electron chi connectivity index (χ2n) is 5.75. The zero-order chi connectivity index (χ0) is 17.5. The number of urea groups is 1. The molecule has 0 aliphatic carbocycles. The summed E-state index contributed by atoms with van der Waals surface area (Å²) in [6, 6.07) is 8.89. The number of hydroxylamine groups is 2. The quantitative estimate of drug-likeness (QED) is 0.866. The number of nitrogens with zero attached hydrogens (tertiary/aromatic N) is 3. The van der Waals surface area contributed by atoms with Crippen LogP contribution < -0.4 is 10.6 Å². The van der Waals surface area contributed by atoms with Crippen molar-refractivity contribution in [1.29, 1.82) is 0 Å². The summed E-state index contributed by atoms with van der Waals surface area (Å²) in [5, 5.41) is 11.0. The van der Waals surface area contributed by atoms with E-state index in [-0.39, 0.29) is 18.5 Å². The summed E-state index contributed by atoms with van der Waals surface area (Å²) < 4.78 is 1.55. The number of nitrogens with one attached hydrogen (secondary N) is 2. The van der Waals surface area contributed by atoms with Gasteiger partial charge >= 0.3 is 6.03 Å². The summed E-state index contributed by atoms with van der Waals surface area (Å²) in [6.07, 6.45) is 5.28. The molecule has 0 radical (unpaired) electrons. The number of amides is 3. The van der Waals surface area contributed by atoms with Gasteiger partial charge in [-0.15, -0.1) is 0 Å². The van der Waals surface area contributed by atoms with Crippen LogP contribution in [0.25, 0.3) is 0 Å². The van der Waals surface area contributed by atoms with Gasteiger partial charge in [-0.05, 0) is 36.6 Å². The molecule has 0 saturated carbocycles. The van der Waals surface area contributed by atoms with Gasteiger partial charge in [-0.2, -0.15) is 5.10 Å². The van der Waals surface area contributed by atoms with Crippen LogP contribution >= 0.6 is 0 Å². The molecule has 3 amide bonds. The van der Waals surface area contributed by atoms with Crippen molar-refractivity contribution in [2.75, 3.05) is 18.5 Å². The lowest BCUT2D eigenvalue weighted by molar-refractivity contribution is -0.139. The van der Waals surface area contributed by atoms with Gasteiger partial charge < -0.3 is 10.6 Å². The van der Waals surface area contributed by atoms with E-state index in [0.29, 0.717) is 25.4 Å². The molecule has 8 heteroatoms. The largest absolute Gasteiger partial charge is 0.341 e. The molecule has 1 saturated heterocycles. The standard InChI is InChI=1S/C17H21N5O3/c23-16(13-21-8-4-7-19-21)20-15-6-3-5-14(11-15)12-18-17(24)22-9-1-2-10-25-22/h3-8,11H,1-2,9-10,12-13H2,(H,18,24)(H,20,23). The van der Waals surface area contributed by atoms with E-state index in [1.807, 2.05) is 18.2 Å². The monoisotopic (exact) mass is 343 g/mol. The lowest BCUT2D eigenvalue weighted by Gasteiger charge is -2.25. The van der Waals surface area contributed by atoms with Crippen LogP contribution in [0.3, 0.4) is 0 Å². The maximum atomic E-state index is 12.0. The molecule has 0 unspecified atom stereocenters. The van der Waals surface area contributed by atoms with Crippen LogP contribution in [0, 0.1) is 0 Å². The summed E-state index contributed by atoms with van der Waals surface area (Å²) in [7, 11) is 0. The van der Waals surface area contributed by atoms with Crippen LogP contribution in [0.5, 0.6) is 0 Å². The van der Waals surface area contributed by atoms with E-state index in [4.69, 9.17) is 4.84 Å². The number of hydrogen-bond acceptors (Lipinski definition) is 4. The van der Waals surface area contributed by atoms with Gasteiger partial charge in [0.2, 0.25) is 5.91 Å². The highest BCUT2D eigenvalue weighted by Crippen LogP contribution is 2.11. The Bertz CT molecular complexity index is 711. The highest BCUT2D eigenvalue weighted by atomic mass is 16.7. The molecule has 3 rings (SSSR count). The fraction of sp³-hybridized carbons (Fsp3) is 0.353.